The molecule has 1 rings (SSSR count). The Bertz CT molecular complexity index is 477. The molecule has 0 aromatic heterocycles. The summed E-state index contributed by atoms with van der Waals surface area (Å²) in [6.45, 7) is 6.84. The Morgan fingerprint density at radius 2 is 1.95 bits per heavy atom. The van der Waals surface area contributed by atoms with Gasteiger partial charge in [0.25, 0.3) is 0 Å². The summed E-state index contributed by atoms with van der Waals surface area (Å²) in [7, 11) is 1.65. The van der Waals surface area contributed by atoms with Crippen molar-refractivity contribution in [2.75, 3.05) is 26.7 Å². The van der Waals surface area contributed by atoms with Crippen LogP contribution in [0.4, 0.5) is 0 Å². The molecule has 0 saturated carbocycles. The molecule has 1 amide bonds. The zero-order chi connectivity index (χ0) is 15.8. The summed E-state index contributed by atoms with van der Waals surface area (Å²) in [6, 6.07) is 3.97. The molecule has 0 saturated heterocycles. The lowest BCUT2D eigenvalue weighted by atomic mass is 10.2. The monoisotopic (exact) mass is 420 g/mol. The molecule has 0 heterocycles. The van der Waals surface area contributed by atoms with E-state index in [1.165, 1.54) is 0 Å². The largest absolute Gasteiger partial charge is 0.495 e. The highest BCUT2D eigenvalue weighted by Gasteiger charge is 2.11. The van der Waals surface area contributed by atoms with Crippen LogP contribution in [-0.2, 0) is 11.3 Å². The molecular weight excluding hydrogens is 400 g/mol. The lowest BCUT2D eigenvalue weighted by Gasteiger charge is -2.18. The topological polar surface area (TPSA) is 41.6 Å². The number of amides is 1. The molecule has 1 aromatic rings. The number of ether oxygens (including phenoxy) is 1. The Balaban J connectivity index is 2.51. The second-order valence-electron chi connectivity index (χ2n) is 4.57. The zero-order valence-electron chi connectivity index (χ0n) is 12.7. The maximum Gasteiger partial charge on any atom is 0.223 e. The van der Waals surface area contributed by atoms with Crippen LogP contribution in [0, 0.1) is 0 Å². The van der Waals surface area contributed by atoms with E-state index < -0.39 is 0 Å². The Kier molecular flexibility index (Phi) is 8.29. The lowest BCUT2D eigenvalue weighted by molar-refractivity contribution is -0.130. The van der Waals surface area contributed by atoms with Gasteiger partial charge in [0.15, 0.2) is 0 Å². The number of nitrogens with one attached hydrogen (secondary N) is 1. The van der Waals surface area contributed by atoms with Crippen LogP contribution >= 0.6 is 31.9 Å². The molecule has 0 spiro atoms. The van der Waals surface area contributed by atoms with Crippen LogP contribution in [0.5, 0.6) is 5.75 Å². The first-order chi connectivity index (χ1) is 10.0. The molecular formula is C15H22Br2N2O2. The second kappa shape index (κ2) is 9.43. The summed E-state index contributed by atoms with van der Waals surface area (Å²) in [6.07, 6.45) is 0.513. The highest BCUT2D eigenvalue weighted by Crippen LogP contribution is 2.32. The van der Waals surface area contributed by atoms with E-state index in [1.54, 1.807) is 7.11 Å². The van der Waals surface area contributed by atoms with E-state index in [1.807, 2.05) is 30.9 Å². The number of benzene rings is 1. The minimum Gasteiger partial charge on any atom is -0.495 e. The standard InChI is InChI=1S/C15H22Br2N2O2/c1-4-19(5-2)14(20)6-7-18-10-11-8-12(16)9-13(17)15(11)21-3/h8-9,18H,4-7,10H2,1-3H3. The third-order valence-corrected chi connectivity index (χ3v) is 4.28. The van der Waals surface area contributed by atoms with E-state index in [4.69, 9.17) is 4.74 Å². The van der Waals surface area contributed by atoms with Gasteiger partial charge in [-0.3, -0.25) is 4.79 Å². The summed E-state index contributed by atoms with van der Waals surface area (Å²) < 4.78 is 7.30. The number of nitrogens with zero attached hydrogens (tertiary/aromatic N) is 1. The van der Waals surface area contributed by atoms with E-state index in [9.17, 15) is 4.79 Å². The van der Waals surface area contributed by atoms with Gasteiger partial charge in [-0.2, -0.15) is 0 Å². The molecule has 4 nitrogen and oxygen atoms in total. The molecule has 1 aromatic carbocycles. The van der Waals surface area contributed by atoms with Crippen LogP contribution < -0.4 is 10.1 Å². The fraction of sp³-hybridized carbons (Fsp3) is 0.533. The number of methoxy groups -OCH3 is 1. The van der Waals surface area contributed by atoms with Crippen molar-refractivity contribution < 1.29 is 9.53 Å². The van der Waals surface area contributed by atoms with Crippen molar-refractivity contribution in [3.63, 3.8) is 0 Å². The smallest absolute Gasteiger partial charge is 0.223 e. The first-order valence-corrected chi connectivity index (χ1v) is 8.62. The molecule has 0 aliphatic heterocycles. The summed E-state index contributed by atoms with van der Waals surface area (Å²) >= 11 is 6.96. The van der Waals surface area contributed by atoms with E-state index >= 15 is 0 Å². The van der Waals surface area contributed by atoms with Crippen molar-refractivity contribution in [1.29, 1.82) is 0 Å². The molecule has 0 bridgehead atoms. The van der Waals surface area contributed by atoms with Gasteiger partial charge in [-0.1, -0.05) is 15.9 Å². The van der Waals surface area contributed by atoms with Gasteiger partial charge < -0.3 is 15.0 Å². The fourth-order valence-corrected chi connectivity index (χ4v) is 3.60. The average molecular weight is 422 g/mol. The number of hydrogen-bond acceptors (Lipinski definition) is 3. The zero-order valence-corrected chi connectivity index (χ0v) is 15.9. The second-order valence-corrected chi connectivity index (χ2v) is 6.34. The highest BCUT2D eigenvalue weighted by molar-refractivity contribution is 9.11. The molecule has 118 valence electrons. The van der Waals surface area contributed by atoms with Crippen LogP contribution in [0.15, 0.2) is 21.1 Å². The van der Waals surface area contributed by atoms with E-state index in [0.29, 0.717) is 19.5 Å². The number of halogens is 2. The molecule has 21 heavy (non-hydrogen) atoms. The van der Waals surface area contributed by atoms with Crippen molar-refractivity contribution in [1.82, 2.24) is 10.2 Å². The summed E-state index contributed by atoms with van der Waals surface area (Å²) in [5.74, 6) is 1.01. The molecule has 0 atom stereocenters. The Morgan fingerprint density at radius 3 is 2.52 bits per heavy atom. The fourth-order valence-electron chi connectivity index (χ4n) is 2.13. The van der Waals surface area contributed by atoms with Crippen molar-refractivity contribution in [2.24, 2.45) is 0 Å². The normalized spacial score (nSPS) is 10.5. The maximum atomic E-state index is 11.9. The predicted molar refractivity (Wildman–Crippen MR) is 92.6 cm³/mol. The van der Waals surface area contributed by atoms with Crippen molar-refractivity contribution in [3.8, 4) is 5.75 Å². The Hall–Kier alpha value is -0.590. The van der Waals surface area contributed by atoms with Gasteiger partial charge >= 0.3 is 0 Å². The van der Waals surface area contributed by atoms with E-state index in [0.717, 1.165) is 33.3 Å². The van der Waals surface area contributed by atoms with E-state index in [2.05, 4.69) is 37.2 Å². The molecule has 0 fully saturated rings. The number of hydrogen-bond donors (Lipinski definition) is 1. The van der Waals surface area contributed by atoms with E-state index in [-0.39, 0.29) is 5.91 Å². The predicted octanol–water partition coefficient (Wildman–Crippen LogP) is 3.57. The van der Waals surface area contributed by atoms with Gasteiger partial charge in [0.2, 0.25) is 5.91 Å². The van der Waals surface area contributed by atoms with Gasteiger partial charge in [0.1, 0.15) is 5.75 Å². The molecule has 0 aliphatic rings. The average Bonchev–Trinajstić information content (AvgIpc) is 2.44. The number of rotatable bonds is 8. The van der Waals surface area contributed by atoms with Gasteiger partial charge in [-0.05, 0) is 41.9 Å². The molecule has 6 heteroatoms. The SMILES string of the molecule is CCN(CC)C(=O)CCNCc1cc(Br)cc(Br)c1OC. The van der Waals surface area contributed by atoms with Crippen molar-refractivity contribution >= 4 is 37.8 Å². The maximum absolute atomic E-state index is 11.9. The van der Waals surface area contributed by atoms with Gasteiger partial charge in [0.05, 0.1) is 11.6 Å². The Morgan fingerprint density at radius 1 is 1.29 bits per heavy atom. The van der Waals surface area contributed by atoms with Crippen LogP contribution in [0.25, 0.3) is 0 Å². The molecule has 1 N–H and O–H groups in total. The van der Waals surface area contributed by atoms with Crippen molar-refractivity contribution in [3.05, 3.63) is 26.6 Å². The Labute approximate surface area is 143 Å². The lowest BCUT2D eigenvalue weighted by Crippen LogP contribution is -2.32. The summed E-state index contributed by atoms with van der Waals surface area (Å²) in [4.78, 5) is 13.7. The van der Waals surface area contributed by atoms with Crippen LogP contribution in [0.1, 0.15) is 25.8 Å². The first-order valence-electron chi connectivity index (χ1n) is 7.03. The summed E-state index contributed by atoms with van der Waals surface area (Å²) in [5, 5.41) is 3.30. The third-order valence-electron chi connectivity index (χ3n) is 3.24. The minimum atomic E-state index is 0.190. The summed E-state index contributed by atoms with van der Waals surface area (Å²) in [5.41, 5.74) is 1.05. The van der Waals surface area contributed by atoms with Crippen LogP contribution in [0.2, 0.25) is 0 Å². The molecule has 0 aliphatic carbocycles. The van der Waals surface area contributed by atoms with Gasteiger partial charge in [0, 0.05) is 42.6 Å². The van der Waals surface area contributed by atoms with Crippen LogP contribution in [0.3, 0.4) is 0 Å². The third kappa shape index (κ3) is 5.60. The number of carbonyl (C=O) groups excluding carboxylic acids is 1. The van der Waals surface area contributed by atoms with Gasteiger partial charge in [-0.25, -0.2) is 0 Å². The van der Waals surface area contributed by atoms with Gasteiger partial charge in [-0.15, -0.1) is 0 Å². The number of carbonyl (C=O) groups is 1. The quantitative estimate of drug-likeness (QED) is 0.652. The minimum absolute atomic E-state index is 0.190. The molecule has 0 unspecified atom stereocenters. The first kappa shape index (κ1) is 18.5. The van der Waals surface area contributed by atoms with Crippen molar-refractivity contribution in [2.45, 2.75) is 26.8 Å². The highest BCUT2D eigenvalue weighted by atomic mass is 79.9. The molecule has 0 radical (unpaired) electrons. The van der Waals surface area contributed by atoms with Crippen LogP contribution in [-0.4, -0.2) is 37.6 Å².